The van der Waals surface area contributed by atoms with Gasteiger partial charge in [-0.05, 0) is 60.0 Å². The van der Waals surface area contributed by atoms with Gasteiger partial charge in [-0.15, -0.1) is 0 Å². The maximum Gasteiger partial charge on any atom is 0.224 e. The normalized spacial score (nSPS) is 12.6. The highest BCUT2D eigenvalue weighted by Crippen LogP contribution is 2.33. The second-order valence-corrected chi connectivity index (χ2v) is 12.3. The van der Waals surface area contributed by atoms with Crippen LogP contribution in [0.2, 0.25) is 0 Å². The summed E-state index contributed by atoms with van der Waals surface area (Å²) in [5.74, 6) is -0.351. The topological polar surface area (TPSA) is 185 Å². The van der Waals surface area contributed by atoms with Crippen LogP contribution in [0.3, 0.4) is 0 Å². The Bertz CT molecular complexity index is 2130. The van der Waals surface area contributed by atoms with E-state index < -0.39 is 21.0 Å². The molecule has 1 amide bonds. The number of nitrogens with two attached hydrogens (primary N) is 1. The molecule has 0 saturated heterocycles. The minimum absolute atomic E-state index is 0.0902. The molecule has 1 atom stereocenters. The Morgan fingerprint density at radius 2 is 1.93 bits per heavy atom. The molecule has 0 saturated carbocycles. The second kappa shape index (κ2) is 11.0. The Kier molecular flexibility index (Phi) is 7.15. The van der Waals surface area contributed by atoms with Crippen molar-refractivity contribution < 1.29 is 17.6 Å². The number of anilines is 1. The Balaban J connectivity index is 1.40. The van der Waals surface area contributed by atoms with Gasteiger partial charge in [0.15, 0.2) is 27.0 Å². The van der Waals surface area contributed by atoms with Crippen LogP contribution in [0.1, 0.15) is 30.7 Å². The molecule has 0 bridgehead atoms. The summed E-state index contributed by atoms with van der Waals surface area (Å²) in [6, 6.07) is 11.1. The van der Waals surface area contributed by atoms with Crippen molar-refractivity contribution in [2.45, 2.75) is 25.1 Å². The van der Waals surface area contributed by atoms with E-state index in [1.165, 1.54) is 18.3 Å². The number of aromatic amines is 2. The molecule has 0 aliphatic carbocycles. The molecule has 43 heavy (non-hydrogen) atoms. The van der Waals surface area contributed by atoms with Gasteiger partial charge in [0.1, 0.15) is 16.7 Å². The predicted molar refractivity (Wildman–Crippen MR) is 161 cm³/mol. The molecule has 5 aromatic heterocycles. The van der Waals surface area contributed by atoms with E-state index in [1.54, 1.807) is 24.5 Å². The van der Waals surface area contributed by atoms with Crippen LogP contribution in [0.25, 0.3) is 56.1 Å². The number of nitrogens with zero attached hydrogens (tertiary/aromatic N) is 5. The maximum atomic E-state index is 14.6. The van der Waals surface area contributed by atoms with Crippen LogP contribution in [-0.2, 0) is 14.6 Å². The summed E-state index contributed by atoms with van der Waals surface area (Å²) in [7, 11) is -3.66. The van der Waals surface area contributed by atoms with Crippen molar-refractivity contribution >= 4 is 43.6 Å². The average molecular weight is 600 g/mol. The van der Waals surface area contributed by atoms with Gasteiger partial charge in [-0.2, -0.15) is 5.10 Å². The highest BCUT2D eigenvalue weighted by atomic mass is 32.2. The van der Waals surface area contributed by atoms with Gasteiger partial charge >= 0.3 is 0 Å². The first-order chi connectivity index (χ1) is 20.6. The van der Waals surface area contributed by atoms with E-state index >= 15 is 0 Å². The lowest BCUT2D eigenvalue weighted by atomic mass is 10.0. The van der Waals surface area contributed by atoms with E-state index in [0.29, 0.717) is 68.2 Å². The molecule has 1 aromatic carbocycles. The van der Waals surface area contributed by atoms with Crippen molar-refractivity contribution in [2.75, 3.05) is 11.6 Å². The molecule has 6 aromatic rings. The van der Waals surface area contributed by atoms with Crippen LogP contribution in [0.4, 0.5) is 10.1 Å². The van der Waals surface area contributed by atoms with Gasteiger partial charge in [-0.1, -0.05) is 6.92 Å². The third-order valence-corrected chi connectivity index (χ3v) is 8.03. The van der Waals surface area contributed by atoms with Gasteiger partial charge in [0.25, 0.3) is 0 Å². The molecule has 0 aliphatic rings. The van der Waals surface area contributed by atoms with Crippen molar-refractivity contribution in [3.63, 3.8) is 0 Å². The van der Waals surface area contributed by atoms with Crippen LogP contribution in [0.5, 0.6) is 0 Å². The number of hydrogen-bond donors (Lipinski definition) is 4. The first-order valence-corrected chi connectivity index (χ1v) is 15.3. The zero-order valence-corrected chi connectivity index (χ0v) is 23.9. The summed E-state index contributed by atoms with van der Waals surface area (Å²) in [6.45, 7) is 1.93. The summed E-state index contributed by atoms with van der Waals surface area (Å²) in [6.07, 6.45) is 6.91. The fourth-order valence-electron chi connectivity index (χ4n) is 4.77. The van der Waals surface area contributed by atoms with Crippen LogP contribution in [-0.4, -0.2) is 55.7 Å². The highest BCUT2D eigenvalue weighted by Gasteiger charge is 2.21. The summed E-state index contributed by atoms with van der Waals surface area (Å²) >= 11 is 0. The Morgan fingerprint density at radius 1 is 1.09 bits per heavy atom. The first kappa shape index (κ1) is 28.1. The molecule has 0 fully saturated rings. The third-order valence-electron chi connectivity index (χ3n) is 6.84. The number of carbonyl (C=O) groups excluding carboxylic acids is 1. The monoisotopic (exact) mass is 599 g/mol. The fraction of sp³-hybridized carbons (Fsp3) is 0.172. The number of carbonyl (C=O) groups is 1. The number of pyridine rings is 3. The summed E-state index contributed by atoms with van der Waals surface area (Å²) < 4.78 is 38.7. The summed E-state index contributed by atoms with van der Waals surface area (Å²) in [5, 5.41) is 8.86. The van der Waals surface area contributed by atoms with Gasteiger partial charge in [0, 0.05) is 36.2 Å². The number of H-pyrrole nitrogens is 2. The molecular weight excluding hydrogens is 573 g/mol. The maximum absolute atomic E-state index is 14.6. The SMILES string of the molecule is CCCC(=O)Nc1cncc(-c2ccc3[nH]nc(-c4nc5nccc(-c6cc(F)cc(C(N)S(C)(=O)=O)c6)c5[nH]4)c3n2)c1. The van der Waals surface area contributed by atoms with Crippen LogP contribution < -0.4 is 11.1 Å². The van der Waals surface area contributed by atoms with Crippen molar-refractivity contribution in [2.24, 2.45) is 5.73 Å². The number of amides is 1. The average Bonchev–Trinajstić information content (AvgIpc) is 3.60. The fourth-order valence-corrected chi connectivity index (χ4v) is 5.40. The number of fused-ring (bicyclic) bond motifs is 2. The van der Waals surface area contributed by atoms with E-state index in [4.69, 9.17) is 10.7 Å². The Hall–Kier alpha value is -5.08. The van der Waals surface area contributed by atoms with Gasteiger partial charge in [0.05, 0.1) is 28.6 Å². The number of rotatable bonds is 8. The number of benzene rings is 1. The molecule has 218 valence electrons. The number of nitrogens with one attached hydrogen (secondary N) is 3. The highest BCUT2D eigenvalue weighted by molar-refractivity contribution is 7.90. The summed E-state index contributed by atoms with van der Waals surface area (Å²) in [4.78, 5) is 33.3. The molecule has 6 rings (SSSR count). The van der Waals surface area contributed by atoms with E-state index in [2.05, 4.69) is 35.5 Å². The minimum Gasteiger partial charge on any atom is -0.335 e. The number of halogens is 1. The largest absolute Gasteiger partial charge is 0.335 e. The number of imidazole rings is 1. The standard InChI is InChI=1S/C29H26FN9O3S/c1-3-4-23(40)34-19-12-17(13-32-14-19)21-5-6-22-25(35-21)26(39-38-22)29-36-24-20(7-8-33-28(24)37-29)15-9-16(11-18(30)10-15)27(31)43(2,41)42/h5-14,27H,3-4,31H2,1-2H3,(H,34,40)(H,38,39)(H,33,36,37). The minimum atomic E-state index is -3.66. The zero-order valence-electron chi connectivity index (χ0n) is 23.1. The number of aromatic nitrogens is 7. The van der Waals surface area contributed by atoms with Crippen molar-refractivity contribution in [1.29, 1.82) is 0 Å². The summed E-state index contributed by atoms with van der Waals surface area (Å²) in [5.41, 5.74) is 11.3. The molecule has 0 aliphatic heterocycles. The molecule has 1 unspecified atom stereocenters. The lowest BCUT2D eigenvalue weighted by molar-refractivity contribution is -0.116. The van der Waals surface area contributed by atoms with E-state index in [0.717, 1.165) is 18.7 Å². The van der Waals surface area contributed by atoms with Gasteiger partial charge in [-0.3, -0.25) is 14.9 Å². The van der Waals surface area contributed by atoms with E-state index in [1.807, 2.05) is 19.1 Å². The third kappa shape index (κ3) is 5.57. The Morgan fingerprint density at radius 3 is 2.72 bits per heavy atom. The molecule has 0 radical (unpaired) electrons. The predicted octanol–water partition coefficient (Wildman–Crippen LogP) is 4.50. The van der Waals surface area contributed by atoms with Crippen LogP contribution in [0, 0.1) is 5.82 Å². The molecule has 0 spiro atoms. The van der Waals surface area contributed by atoms with Gasteiger partial charge < -0.3 is 16.0 Å². The number of hydrogen-bond acceptors (Lipinski definition) is 9. The quantitative estimate of drug-likeness (QED) is 0.195. The molecular formula is C29H26FN9O3S. The lowest BCUT2D eigenvalue weighted by Gasteiger charge is -2.12. The van der Waals surface area contributed by atoms with E-state index in [9.17, 15) is 17.6 Å². The Labute approximate surface area is 244 Å². The molecule has 14 heteroatoms. The van der Waals surface area contributed by atoms with Crippen molar-refractivity contribution in [1.82, 2.24) is 35.1 Å². The van der Waals surface area contributed by atoms with Gasteiger partial charge in [-0.25, -0.2) is 27.8 Å². The second-order valence-electron chi connectivity index (χ2n) is 10.1. The molecule has 5 N–H and O–H groups in total. The molecule has 12 nitrogen and oxygen atoms in total. The van der Waals surface area contributed by atoms with Gasteiger partial charge in [0.2, 0.25) is 5.91 Å². The van der Waals surface area contributed by atoms with Crippen molar-refractivity contribution in [3.05, 3.63) is 72.4 Å². The zero-order chi connectivity index (χ0) is 30.3. The first-order valence-electron chi connectivity index (χ1n) is 13.3. The number of sulfone groups is 1. The van der Waals surface area contributed by atoms with Crippen molar-refractivity contribution in [3.8, 4) is 33.9 Å². The smallest absolute Gasteiger partial charge is 0.224 e. The van der Waals surface area contributed by atoms with E-state index in [-0.39, 0.29) is 11.5 Å². The molecule has 5 heterocycles. The van der Waals surface area contributed by atoms with Crippen LogP contribution >= 0.6 is 0 Å². The van der Waals surface area contributed by atoms with Crippen LogP contribution in [0.15, 0.2) is 61.1 Å². The lowest BCUT2D eigenvalue weighted by Crippen LogP contribution is -2.20.